The van der Waals surface area contributed by atoms with E-state index in [1.165, 1.54) is 5.98 Å². The van der Waals surface area contributed by atoms with Gasteiger partial charge in [-0.3, -0.25) is 0 Å². The van der Waals surface area contributed by atoms with Crippen LogP contribution in [0.3, 0.4) is 0 Å². The van der Waals surface area contributed by atoms with Gasteiger partial charge in [0, 0.05) is 6.08 Å². The molecule has 0 heterocycles. The molecule has 0 bridgehead atoms. The van der Waals surface area contributed by atoms with Gasteiger partial charge in [0.1, 0.15) is 7.85 Å². The van der Waals surface area contributed by atoms with Crippen LogP contribution in [0.5, 0.6) is 0 Å². The topological polar surface area (TPSA) is 37.3 Å². The molecule has 0 atom stereocenters. The Morgan fingerprint density at radius 1 is 1.83 bits per heavy atom. The van der Waals surface area contributed by atoms with Crippen LogP contribution < -0.4 is 0 Å². The summed E-state index contributed by atoms with van der Waals surface area (Å²) < 4.78 is 0. The van der Waals surface area contributed by atoms with E-state index in [2.05, 4.69) is 0 Å². The molecule has 0 aromatic carbocycles. The van der Waals surface area contributed by atoms with Crippen molar-refractivity contribution in [1.82, 2.24) is 0 Å². The highest BCUT2D eigenvalue weighted by Crippen LogP contribution is 1.61. The Labute approximate surface area is 36.9 Å². The van der Waals surface area contributed by atoms with Crippen LogP contribution in [0, 0.1) is 0 Å². The van der Waals surface area contributed by atoms with Gasteiger partial charge >= 0.3 is 5.97 Å². The van der Waals surface area contributed by atoms with Crippen LogP contribution in [0.1, 0.15) is 0 Å². The number of hydrogen-bond acceptors (Lipinski definition) is 1. The molecule has 0 radical (unpaired) electrons. The highest BCUT2D eigenvalue weighted by molar-refractivity contribution is 6.18. The lowest BCUT2D eigenvalue weighted by atomic mass is 10.1. The van der Waals surface area contributed by atoms with Crippen molar-refractivity contribution >= 4 is 13.8 Å². The van der Waals surface area contributed by atoms with Crippen molar-refractivity contribution in [2.24, 2.45) is 0 Å². The molecule has 0 saturated heterocycles. The number of rotatable bonds is 1. The summed E-state index contributed by atoms with van der Waals surface area (Å²) in [5.74, 6) is 0.583. The molecule has 0 aliphatic carbocycles. The van der Waals surface area contributed by atoms with Crippen LogP contribution in [0.4, 0.5) is 0 Å². The SMILES string of the molecule is B/C=C/C(=O)O. The highest BCUT2D eigenvalue weighted by Gasteiger charge is 1.76. The second-order valence-corrected chi connectivity index (χ2v) is 0.838. The lowest BCUT2D eigenvalue weighted by Gasteiger charge is -1.68. The summed E-state index contributed by atoms with van der Waals surface area (Å²) >= 11 is 0. The van der Waals surface area contributed by atoms with E-state index >= 15 is 0 Å². The first-order valence-corrected chi connectivity index (χ1v) is 1.63. The number of hydrogen-bond donors (Lipinski definition) is 1. The third-order valence-corrected chi connectivity index (χ3v) is 0.309. The zero-order chi connectivity index (χ0) is 4.99. The largest absolute Gasteiger partial charge is 0.478 e. The van der Waals surface area contributed by atoms with Crippen LogP contribution >= 0.6 is 0 Å². The standard InChI is InChI=1S/C3H5BO2/c4-2-1-3(5)6/h1-2H,4H2,(H,5,6)/b2-1+. The molecule has 2 nitrogen and oxygen atoms in total. The maximum absolute atomic E-state index is 9.51. The zero-order valence-corrected chi connectivity index (χ0v) is 3.51. The summed E-state index contributed by atoms with van der Waals surface area (Å²) in [5, 5.41) is 7.83. The molecule has 3 heteroatoms. The molecule has 0 spiro atoms. The first kappa shape index (κ1) is 5.27. The van der Waals surface area contributed by atoms with E-state index in [0.717, 1.165) is 6.08 Å². The molecule has 0 saturated carbocycles. The molecule has 0 amide bonds. The molecule has 0 aromatic rings. The quantitative estimate of drug-likeness (QED) is 0.334. The molecule has 6 heavy (non-hydrogen) atoms. The van der Waals surface area contributed by atoms with Gasteiger partial charge in [0.05, 0.1) is 0 Å². The fourth-order valence-corrected chi connectivity index (χ4v) is 0.143. The molecule has 32 valence electrons. The van der Waals surface area contributed by atoms with Gasteiger partial charge in [-0.2, -0.15) is 0 Å². The minimum absolute atomic E-state index is 0.891. The first-order valence-electron chi connectivity index (χ1n) is 1.63. The summed E-state index contributed by atoms with van der Waals surface area (Å²) in [6.07, 6.45) is 1.08. The van der Waals surface area contributed by atoms with Crippen LogP contribution in [0.25, 0.3) is 0 Å². The zero-order valence-electron chi connectivity index (χ0n) is 3.51. The lowest BCUT2D eigenvalue weighted by Crippen LogP contribution is -1.84. The van der Waals surface area contributed by atoms with Crippen molar-refractivity contribution in [3.63, 3.8) is 0 Å². The Bertz CT molecular complexity index is 76.9. The van der Waals surface area contributed by atoms with Gasteiger partial charge in [-0.1, -0.05) is 0 Å². The summed E-state index contributed by atoms with van der Waals surface area (Å²) in [5.41, 5.74) is 0. The predicted octanol–water partition coefficient (Wildman–Crippen LogP) is -0.782. The van der Waals surface area contributed by atoms with E-state index in [1.54, 1.807) is 7.85 Å². The second-order valence-electron chi connectivity index (χ2n) is 0.838. The van der Waals surface area contributed by atoms with Gasteiger partial charge in [-0.15, -0.1) is 5.98 Å². The first-order chi connectivity index (χ1) is 2.77. The van der Waals surface area contributed by atoms with Gasteiger partial charge in [-0.25, -0.2) is 4.79 Å². The van der Waals surface area contributed by atoms with Gasteiger partial charge in [0.15, 0.2) is 0 Å². The average molecular weight is 83.9 g/mol. The van der Waals surface area contributed by atoms with Crippen molar-refractivity contribution in [1.29, 1.82) is 0 Å². The minimum Gasteiger partial charge on any atom is -0.478 e. The Morgan fingerprint density at radius 3 is 2.33 bits per heavy atom. The Morgan fingerprint density at radius 2 is 2.33 bits per heavy atom. The lowest BCUT2D eigenvalue weighted by molar-refractivity contribution is -0.131. The van der Waals surface area contributed by atoms with Crippen LogP contribution in [0.15, 0.2) is 12.1 Å². The molecular weight excluding hydrogens is 78.8 g/mol. The van der Waals surface area contributed by atoms with Crippen molar-refractivity contribution in [2.45, 2.75) is 0 Å². The smallest absolute Gasteiger partial charge is 0.327 e. The molecule has 0 aromatic heterocycles. The van der Waals surface area contributed by atoms with Crippen LogP contribution in [0.2, 0.25) is 0 Å². The maximum atomic E-state index is 9.51. The Hall–Kier alpha value is -0.725. The third-order valence-electron chi connectivity index (χ3n) is 0.309. The number of aliphatic carboxylic acids is 1. The van der Waals surface area contributed by atoms with Crippen molar-refractivity contribution in [2.75, 3.05) is 0 Å². The Kier molecular flexibility index (Phi) is 2.21. The van der Waals surface area contributed by atoms with Gasteiger partial charge in [0.2, 0.25) is 0 Å². The van der Waals surface area contributed by atoms with E-state index in [1.807, 2.05) is 0 Å². The van der Waals surface area contributed by atoms with E-state index in [4.69, 9.17) is 5.11 Å². The number of carboxylic acid groups (broad SMARTS) is 1. The fraction of sp³-hybridized carbons (Fsp3) is 0. The van der Waals surface area contributed by atoms with Crippen molar-refractivity contribution in [3.05, 3.63) is 12.1 Å². The third kappa shape index (κ3) is 3.27. The second kappa shape index (κ2) is 2.51. The molecule has 0 fully saturated rings. The summed E-state index contributed by atoms with van der Waals surface area (Å²) in [4.78, 5) is 9.51. The van der Waals surface area contributed by atoms with Gasteiger partial charge in [0.25, 0.3) is 0 Å². The highest BCUT2D eigenvalue weighted by atomic mass is 16.4. The van der Waals surface area contributed by atoms with E-state index in [9.17, 15) is 4.79 Å². The van der Waals surface area contributed by atoms with E-state index in [0.29, 0.717) is 0 Å². The summed E-state index contributed by atoms with van der Waals surface area (Å²) in [6.45, 7) is 0. The normalized spacial score (nSPS) is 9.33. The van der Waals surface area contributed by atoms with Crippen molar-refractivity contribution in [3.8, 4) is 0 Å². The maximum Gasteiger partial charge on any atom is 0.327 e. The minimum atomic E-state index is -0.891. The molecule has 1 N–H and O–H groups in total. The predicted molar refractivity (Wildman–Crippen MR) is 25.3 cm³/mol. The fourth-order valence-electron chi connectivity index (χ4n) is 0.143. The van der Waals surface area contributed by atoms with Gasteiger partial charge < -0.3 is 5.11 Å². The summed E-state index contributed by atoms with van der Waals surface area (Å²) in [6, 6.07) is 0. The Balaban J connectivity index is 3.30. The molecule has 0 aliphatic heterocycles. The van der Waals surface area contributed by atoms with Crippen LogP contribution in [-0.4, -0.2) is 18.9 Å². The number of carboxylic acids is 1. The molecule has 0 rings (SSSR count). The van der Waals surface area contributed by atoms with E-state index in [-0.39, 0.29) is 0 Å². The van der Waals surface area contributed by atoms with E-state index < -0.39 is 5.97 Å². The van der Waals surface area contributed by atoms with Crippen molar-refractivity contribution < 1.29 is 9.90 Å². The average Bonchev–Trinajstić information content (AvgIpc) is 1.35. The monoisotopic (exact) mass is 84.0 g/mol. The van der Waals surface area contributed by atoms with Gasteiger partial charge in [-0.05, 0) is 0 Å². The summed E-state index contributed by atoms with van der Waals surface area (Å²) in [7, 11) is 1.66. The number of carbonyl (C=O) groups is 1. The van der Waals surface area contributed by atoms with Crippen LogP contribution in [-0.2, 0) is 4.79 Å². The molecule has 0 aliphatic rings. The molecule has 0 unspecified atom stereocenters. The molecular formula is C3H5BO2.